The number of hydrogen-bond acceptors (Lipinski definition) is 4. The van der Waals surface area contributed by atoms with Crippen molar-refractivity contribution in [3.05, 3.63) is 109 Å². The molecule has 1 fully saturated rings. The van der Waals surface area contributed by atoms with Crippen LogP contribution in [-0.2, 0) is 16.2 Å². The molecule has 9 heteroatoms. The number of ether oxygens (including phenoxy) is 1. The zero-order chi connectivity index (χ0) is 27.0. The summed E-state index contributed by atoms with van der Waals surface area (Å²) in [6, 6.07) is 21.7. The van der Waals surface area contributed by atoms with Gasteiger partial charge in [0.2, 0.25) is 0 Å². The number of imide groups is 2. The summed E-state index contributed by atoms with van der Waals surface area (Å²) in [7, 11) is 0. The van der Waals surface area contributed by atoms with E-state index in [1.165, 1.54) is 12.1 Å². The predicted octanol–water partition coefficient (Wildman–Crippen LogP) is 7.57. The van der Waals surface area contributed by atoms with Crippen LogP contribution in [0.25, 0.3) is 16.8 Å². The third-order valence-electron chi connectivity index (χ3n) is 6.04. The summed E-state index contributed by atoms with van der Waals surface area (Å²) in [6.07, 6.45) is 1.43. The molecule has 5 rings (SSSR count). The number of carbonyl (C=O) groups excluding carboxylic acids is 3. The minimum Gasteiger partial charge on any atom is -0.487 e. The summed E-state index contributed by atoms with van der Waals surface area (Å²) in [5, 5.41) is 4.91. The first-order chi connectivity index (χ1) is 18.2. The molecule has 6 nitrogen and oxygen atoms in total. The van der Waals surface area contributed by atoms with E-state index in [0.29, 0.717) is 31.9 Å². The van der Waals surface area contributed by atoms with Crippen LogP contribution >= 0.6 is 43.5 Å². The van der Waals surface area contributed by atoms with Gasteiger partial charge in [-0.3, -0.25) is 14.9 Å². The molecule has 1 N–H and O–H groups in total. The average molecular weight is 655 g/mol. The number of anilines is 1. The van der Waals surface area contributed by atoms with Gasteiger partial charge in [-0.15, -0.1) is 0 Å². The van der Waals surface area contributed by atoms with Crippen LogP contribution < -0.4 is 15.0 Å². The smallest absolute Gasteiger partial charge is 0.335 e. The van der Waals surface area contributed by atoms with Gasteiger partial charge in [0.25, 0.3) is 11.8 Å². The number of hydrogen-bond donors (Lipinski definition) is 1. The molecule has 0 bridgehead atoms. The van der Waals surface area contributed by atoms with Gasteiger partial charge in [-0.1, -0.05) is 54.1 Å². The zero-order valence-electron chi connectivity index (χ0n) is 19.9. The van der Waals surface area contributed by atoms with Gasteiger partial charge in [0.05, 0.1) is 14.6 Å². The number of amides is 4. The van der Waals surface area contributed by atoms with Crippen molar-refractivity contribution in [2.75, 3.05) is 4.90 Å². The first-order valence-electron chi connectivity index (χ1n) is 11.5. The maximum absolute atomic E-state index is 13.2. The molecule has 0 radical (unpaired) electrons. The van der Waals surface area contributed by atoms with E-state index in [0.717, 1.165) is 26.8 Å². The van der Waals surface area contributed by atoms with Crippen molar-refractivity contribution in [1.29, 1.82) is 0 Å². The minimum absolute atomic E-state index is 0.190. The van der Waals surface area contributed by atoms with E-state index in [4.69, 9.17) is 16.3 Å². The second kappa shape index (κ2) is 10.7. The number of rotatable bonds is 5. The third kappa shape index (κ3) is 5.25. The van der Waals surface area contributed by atoms with Gasteiger partial charge in [-0.2, -0.15) is 0 Å². The zero-order valence-corrected chi connectivity index (χ0v) is 23.9. The monoisotopic (exact) mass is 652 g/mol. The molecule has 4 aromatic carbocycles. The highest BCUT2D eigenvalue weighted by Crippen LogP contribution is 2.36. The highest BCUT2D eigenvalue weighted by atomic mass is 79.9. The molecule has 0 atom stereocenters. The summed E-state index contributed by atoms with van der Waals surface area (Å²) in [6.45, 7) is 2.16. The van der Waals surface area contributed by atoms with Crippen molar-refractivity contribution >= 4 is 83.8 Å². The van der Waals surface area contributed by atoms with Gasteiger partial charge < -0.3 is 4.74 Å². The van der Waals surface area contributed by atoms with Crippen molar-refractivity contribution in [3.8, 4) is 5.75 Å². The van der Waals surface area contributed by atoms with Gasteiger partial charge in [0.1, 0.15) is 17.9 Å². The van der Waals surface area contributed by atoms with Crippen LogP contribution in [0.4, 0.5) is 10.5 Å². The summed E-state index contributed by atoms with van der Waals surface area (Å²) in [5.74, 6) is -0.952. The van der Waals surface area contributed by atoms with Crippen LogP contribution in [0, 0.1) is 6.92 Å². The molecule has 0 spiro atoms. The number of nitrogens with one attached hydrogen (secondary N) is 1. The summed E-state index contributed by atoms with van der Waals surface area (Å²) < 4.78 is 7.33. The van der Waals surface area contributed by atoms with E-state index in [1.807, 2.05) is 25.1 Å². The molecule has 1 saturated heterocycles. The fourth-order valence-corrected chi connectivity index (χ4v) is 5.69. The van der Waals surface area contributed by atoms with Crippen molar-refractivity contribution in [3.63, 3.8) is 0 Å². The van der Waals surface area contributed by atoms with Gasteiger partial charge >= 0.3 is 6.03 Å². The number of barbiturate groups is 1. The lowest BCUT2D eigenvalue weighted by Crippen LogP contribution is -2.54. The first-order valence-corrected chi connectivity index (χ1v) is 13.4. The van der Waals surface area contributed by atoms with Crippen LogP contribution in [0.2, 0.25) is 5.02 Å². The molecular weight excluding hydrogens is 636 g/mol. The van der Waals surface area contributed by atoms with Crippen LogP contribution in [0.5, 0.6) is 5.75 Å². The van der Waals surface area contributed by atoms with Crippen molar-refractivity contribution in [2.24, 2.45) is 0 Å². The average Bonchev–Trinajstić information content (AvgIpc) is 2.88. The van der Waals surface area contributed by atoms with Gasteiger partial charge in [-0.25, -0.2) is 9.69 Å². The molecule has 0 aliphatic carbocycles. The van der Waals surface area contributed by atoms with Crippen LogP contribution in [0.15, 0.2) is 87.3 Å². The maximum atomic E-state index is 13.2. The highest BCUT2D eigenvalue weighted by molar-refractivity contribution is 9.11. The number of aryl methyl sites for hydroxylation is 1. The van der Waals surface area contributed by atoms with Gasteiger partial charge in [-0.05, 0) is 103 Å². The van der Waals surface area contributed by atoms with E-state index in [-0.39, 0.29) is 11.3 Å². The molecule has 1 aliphatic heterocycles. The van der Waals surface area contributed by atoms with E-state index < -0.39 is 17.8 Å². The fourth-order valence-electron chi connectivity index (χ4n) is 4.06. The largest absolute Gasteiger partial charge is 0.487 e. The van der Waals surface area contributed by atoms with E-state index in [2.05, 4.69) is 61.4 Å². The van der Waals surface area contributed by atoms with E-state index in [9.17, 15) is 14.4 Å². The number of carbonyl (C=O) groups is 3. The Hall–Kier alpha value is -3.46. The van der Waals surface area contributed by atoms with E-state index >= 15 is 0 Å². The Morgan fingerprint density at radius 2 is 1.63 bits per heavy atom. The Morgan fingerprint density at radius 1 is 0.921 bits per heavy atom. The lowest BCUT2D eigenvalue weighted by Gasteiger charge is -2.26. The Balaban J connectivity index is 1.40. The Labute approximate surface area is 240 Å². The van der Waals surface area contributed by atoms with Crippen LogP contribution in [0.1, 0.15) is 16.7 Å². The number of fused-ring (bicyclic) bond motifs is 1. The molecule has 38 heavy (non-hydrogen) atoms. The number of nitrogens with zero attached hydrogens (tertiary/aromatic N) is 1. The topological polar surface area (TPSA) is 75.7 Å². The van der Waals surface area contributed by atoms with Crippen molar-refractivity contribution < 1.29 is 19.1 Å². The Morgan fingerprint density at radius 3 is 2.34 bits per heavy atom. The lowest BCUT2D eigenvalue weighted by atomic mass is 10.1. The predicted molar refractivity (Wildman–Crippen MR) is 155 cm³/mol. The molecule has 0 unspecified atom stereocenters. The maximum Gasteiger partial charge on any atom is 0.335 e. The summed E-state index contributed by atoms with van der Waals surface area (Å²) in [4.78, 5) is 39.2. The molecule has 0 saturated carbocycles. The van der Waals surface area contributed by atoms with Crippen molar-refractivity contribution in [1.82, 2.24) is 5.32 Å². The van der Waals surface area contributed by atoms with Crippen molar-refractivity contribution in [2.45, 2.75) is 13.5 Å². The van der Waals surface area contributed by atoms with Crippen LogP contribution in [0.3, 0.4) is 0 Å². The molecular formula is C29H19Br2ClN2O4. The van der Waals surface area contributed by atoms with E-state index in [1.54, 1.807) is 24.3 Å². The minimum atomic E-state index is -0.836. The number of urea groups is 1. The molecule has 0 aromatic heterocycles. The second-order valence-electron chi connectivity index (χ2n) is 8.68. The van der Waals surface area contributed by atoms with Gasteiger partial charge in [0.15, 0.2) is 0 Å². The number of benzene rings is 4. The molecule has 4 amide bonds. The Kier molecular flexibility index (Phi) is 7.38. The molecule has 1 aliphatic rings. The normalized spacial score (nSPS) is 14.8. The standard InChI is InChI=1S/C29H19Br2ClN2O4/c1-16-6-9-21(14-25(16)32)34-28(36)22(27(35)33-29(34)37)11-18-12-23(30)26(24(31)13-18)38-15-17-7-8-19-4-2-3-5-20(19)10-17/h2-14H,15H2,1H3,(H,33,35,37)/b22-11-. The molecule has 4 aromatic rings. The highest BCUT2D eigenvalue weighted by Gasteiger charge is 2.37. The second-order valence-corrected chi connectivity index (χ2v) is 10.8. The number of halogens is 3. The fraction of sp³-hybridized carbons (Fsp3) is 0.0690. The van der Waals surface area contributed by atoms with Gasteiger partial charge in [0, 0.05) is 5.02 Å². The SMILES string of the molecule is Cc1ccc(N2C(=O)NC(=O)/C(=C/c3cc(Br)c(OCc4ccc5ccccc5c4)c(Br)c3)C2=O)cc1Cl. The lowest BCUT2D eigenvalue weighted by molar-refractivity contribution is -0.122. The summed E-state index contributed by atoms with van der Waals surface area (Å²) in [5.41, 5.74) is 2.44. The summed E-state index contributed by atoms with van der Waals surface area (Å²) >= 11 is 13.3. The Bertz CT molecular complexity index is 1640. The van der Waals surface area contributed by atoms with Crippen LogP contribution in [-0.4, -0.2) is 17.8 Å². The molecule has 1 heterocycles. The first kappa shape index (κ1) is 26.2. The quantitative estimate of drug-likeness (QED) is 0.178. The molecule has 190 valence electrons. The third-order valence-corrected chi connectivity index (χ3v) is 7.63.